The van der Waals surface area contributed by atoms with Crippen molar-refractivity contribution >= 4 is 0 Å². The first kappa shape index (κ1) is 10.4. The summed E-state index contributed by atoms with van der Waals surface area (Å²) in [7, 11) is 0. The molecule has 2 aliphatic rings. The van der Waals surface area contributed by atoms with Crippen LogP contribution < -0.4 is 5.32 Å². The number of piperidine rings is 1. The SMILES string of the molecule is CC1(C)CC(N2CCC2)CC(C)(C)N1. The van der Waals surface area contributed by atoms with E-state index in [9.17, 15) is 0 Å². The summed E-state index contributed by atoms with van der Waals surface area (Å²) < 4.78 is 0. The second-order valence-electron chi connectivity index (χ2n) is 6.34. The van der Waals surface area contributed by atoms with Crippen molar-refractivity contribution in [1.82, 2.24) is 10.2 Å². The van der Waals surface area contributed by atoms with Gasteiger partial charge in [-0.25, -0.2) is 0 Å². The van der Waals surface area contributed by atoms with Gasteiger partial charge in [-0.15, -0.1) is 0 Å². The summed E-state index contributed by atoms with van der Waals surface area (Å²) in [5.74, 6) is 0. The van der Waals surface area contributed by atoms with E-state index < -0.39 is 0 Å². The van der Waals surface area contributed by atoms with E-state index in [1.54, 1.807) is 0 Å². The number of rotatable bonds is 1. The molecular formula is C12H24N2. The van der Waals surface area contributed by atoms with Crippen LogP contribution in [0.15, 0.2) is 0 Å². The molecule has 1 N–H and O–H groups in total. The lowest BCUT2D eigenvalue weighted by molar-refractivity contribution is 0.0308. The van der Waals surface area contributed by atoms with Crippen molar-refractivity contribution in [3.8, 4) is 0 Å². The molecule has 2 rings (SSSR count). The molecule has 0 aliphatic carbocycles. The molecule has 82 valence electrons. The van der Waals surface area contributed by atoms with Crippen molar-refractivity contribution in [2.45, 2.75) is 64.1 Å². The molecule has 0 aromatic rings. The first-order valence-corrected chi connectivity index (χ1v) is 5.91. The van der Waals surface area contributed by atoms with Gasteiger partial charge in [0.1, 0.15) is 0 Å². The third-order valence-electron chi connectivity index (χ3n) is 3.58. The lowest BCUT2D eigenvalue weighted by atomic mass is 9.78. The van der Waals surface area contributed by atoms with Crippen LogP contribution in [0.1, 0.15) is 47.0 Å². The molecule has 0 saturated carbocycles. The molecule has 2 heterocycles. The molecule has 2 nitrogen and oxygen atoms in total. The zero-order valence-corrected chi connectivity index (χ0v) is 10.1. The summed E-state index contributed by atoms with van der Waals surface area (Å²) in [5.41, 5.74) is 0.615. The Hall–Kier alpha value is -0.0800. The average Bonchev–Trinajstić information content (AvgIpc) is 1.72. The highest BCUT2D eigenvalue weighted by Crippen LogP contribution is 2.33. The molecule has 2 saturated heterocycles. The van der Waals surface area contributed by atoms with Gasteiger partial charge in [-0.05, 0) is 60.0 Å². The van der Waals surface area contributed by atoms with Crippen LogP contribution in [-0.2, 0) is 0 Å². The van der Waals surface area contributed by atoms with Gasteiger partial charge in [0.25, 0.3) is 0 Å². The third kappa shape index (κ3) is 2.12. The highest BCUT2D eigenvalue weighted by Gasteiger charge is 2.40. The van der Waals surface area contributed by atoms with Gasteiger partial charge in [0.05, 0.1) is 0 Å². The van der Waals surface area contributed by atoms with Crippen molar-refractivity contribution < 1.29 is 0 Å². The highest BCUT2D eigenvalue weighted by atomic mass is 15.2. The Morgan fingerprint density at radius 1 is 1.00 bits per heavy atom. The summed E-state index contributed by atoms with van der Waals surface area (Å²) in [6.07, 6.45) is 4.01. The molecule has 0 aromatic carbocycles. The van der Waals surface area contributed by atoms with Crippen LogP contribution in [0.25, 0.3) is 0 Å². The number of hydrogen-bond donors (Lipinski definition) is 1. The summed E-state index contributed by atoms with van der Waals surface area (Å²) in [4.78, 5) is 2.66. The van der Waals surface area contributed by atoms with Crippen molar-refractivity contribution in [1.29, 1.82) is 0 Å². The van der Waals surface area contributed by atoms with Crippen LogP contribution in [0.3, 0.4) is 0 Å². The number of hydrogen-bond acceptors (Lipinski definition) is 2. The van der Waals surface area contributed by atoms with Crippen LogP contribution in [0.4, 0.5) is 0 Å². The van der Waals surface area contributed by atoms with Crippen molar-refractivity contribution in [3.63, 3.8) is 0 Å². The standard InChI is InChI=1S/C12H24N2/c1-11(2)8-10(14-6-5-7-14)9-12(3,4)13-11/h10,13H,5-9H2,1-4H3. The van der Waals surface area contributed by atoms with Gasteiger partial charge in [0, 0.05) is 17.1 Å². The molecule has 0 unspecified atom stereocenters. The predicted molar refractivity (Wildman–Crippen MR) is 60.5 cm³/mol. The van der Waals surface area contributed by atoms with Crippen LogP contribution in [-0.4, -0.2) is 35.1 Å². The number of nitrogens with one attached hydrogen (secondary N) is 1. The molecular weight excluding hydrogens is 172 g/mol. The van der Waals surface area contributed by atoms with Gasteiger partial charge in [-0.1, -0.05) is 0 Å². The molecule has 2 fully saturated rings. The van der Waals surface area contributed by atoms with E-state index >= 15 is 0 Å². The Morgan fingerprint density at radius 2 is 1.50 bits per heavy atom. The fourth-order valence-electron chi connectivity index (χ4n) is 3.23. The minimum atomic E-state index is 0.308. The molecule has 2 heteroatoms. The number of nitrogens with zero attached hydrogens (tertiary/aromatic N) is 1. The molecule has 0 radical (unpaired) electrons. The van der Waals surface area contributed by atoms with Gasteiger partial charge in [-0.3, -0.25) is 0 Å². The summed E-state index contributed by atoms with van der Waals surface area (Å²) >= 11 is 0. The van der Waals surface area contributed by atoms with E-state index in [-0.39, 0.29) is 0 Å². The normalized spacial score (nSPS) is 32.6. The van der Waals surface area contributed by atoms with E-state index in [1.807, 2.05) is 0 Å². The zero-order valence-electron chi connectivity index (χ0n) is 10.1. The Balaban J connectivity index is 2.04. The zero-order chi connectivity index (χ0) is 10.4. The molecule has 0 bridgehead atoms. The highest BCUT2D eigenvalue weighted by molar-refractivity contribution is 5.01. The summed E-state index contributed by atoms with van der Waals surface area (Å²) in [6.45, 7) is 12.0. The van der Waals surface area contributed by atoms with Gasteiger partial charge in [0.15, 0.2) is 0 Å². The van der Waals surface area contributed by atoms with E-state index in [0.29, 0.717) is 11.1 Å². The van der Waals surface area contributed by atoms with E-state index in [1.165, 1.54) is 32.4 Å². The van der Waals surface area contributed by atoms with E-state index in [0.717, 1.165) is 6.04 Å². The summed E-state index contributed by atoms with van der Waals surface area (Å²) in [6, 6.07) is 0.815. The van der Waals surface area contributed by atoms with Crippen molar-refractivity contribution in [2.75, 3.05) is 13.1 Å². The first-order chi connectivity index (χ1) is 6.38. The van der Waals surface area contributed by atoms with Crippen LogP contribution in [0.5, 0.6) is 0 Å². The Bertz CT molecular complexity index is 200. The maximum absolute atomic E-state index is 3.74. The lowest BCUT2D eigenvalue weighted by Crippen LogP contribution is -2.63. The number of likely N-dealkylation sites (tertiary alicyclic amines) is 1. The Morgan fingerprint density at radius 3 is 1.86 bits per heavy atom. The topological polar surface area (TPSA) is 15.3 Å². The van der Waals surface area contributed by atoms with E-state index in [2.05, 4.69) is 37.9 Å². The molecule has 14 heavy (non-hydrogen) atoms. The van der Waals surface area contributed by atoms with Crippen molar-refractivity contribution in [3.05, 3.63) is 0 Å². The fraction of sp³-hybridized carbons (Fsp3) is 1.00. The largest absolute Gasteiger partial charge is 0.307 e. The monoisotopic (exact) mass is 196 g/mol. The second-order valence-corrected chi connectivity index (χ2v) is 6.34. The van der Waals surface area contributed by atoms with E-state index in [4.69, 9.17) is 0 Å². The molecule has 0 spiro atoms. The molecule has 0 atom stereocenters. The average molecular weight is 196 g/mol. The summed E-state index contributed by atoms with van der Waals surface area (Å²) in [5, 5.41) is 3.74. The maximum Gasteiger partial charge on any atom is 0.0145 e. The first-order valence-electron chi connectivity index (χ1n) is 5.91. The maximum atomic E-state index is 3.74. The minimum absolute atomic E-state index is 0.308. The molecule has 0 aromatic heterocycles. The lowest BCUT2D eigenvalue weighted by Gasteiger charge is -2.51. The minimum Gasteiger partial charge on any atom is -0.307 e. The Kier molecular flexibility index (Phi) is 2.39. The van der Waals surface area contributed by atoms with Gasteiger partial charge in [-0.2, -0.15) is 0 Å². The Labute approximate surface area is 88.1 Å². The quantitative estimate of drug-likeness (QED) is 0.690. The smallest absolute Gasteiger partial charge is 0.0145 e. The predicted octanol–water partition coefficient (Wildman–Crippen LogP) is 2.00. The fourth-order valence-corrected chi connectivity index (χ4v) is 3.23. The van der Waals surface area contributed by atoms with Crippen LogP contribution >= 0.6 is 0 Å². The molecule has 2 aliphatic heterocycles. The van der Waals surface area contributed by atoms with Crippen molar-refractivity contribution in [2.24, 2.45) is 0 Å². The van der Waals surface area contributed by atoms with Crippen LogP contribution in [0.2, 0.25) is 0 Å². The molecule has 0 amide bonds. The van der Waals surface area contributed by atoms with Gasteiger partial charge >= 0.3 is 0 Å². The third-order valence-corrected chi connectivity index (χ3v) is 3.58. The van der Waals surface area contributed by atoms with Crippen LogP contribution in [0, 0.1) is 0 Å². The second kappa shape index (κ2) is 3.21. The van der Waals surface area contributed by atoms with Gasteiger partial charge < -0.3 is 10.2 Å². The van der Waals surface area contributed by atoms with Gasteiger partial charge in [0.2, 0.25) is 0 Å².